The molecule has 144 valence electrons. The van der Waals surface area contributed by atoms with Gasteiger partial charge in [0, 0.05) is 49.8 Å². The number of morpholine rings is 1. The van der Waals surface area contributed by atoms with Gasteiger partial charge < -0.3 is 14.6 Å². The van der Waals surface area contributed by atoms with Crippen molar-refractivity contribution in [2.24, 2.45) is 5.92 Å². The fourth-order valence-electron chi connectivity index (χ4n) is 4.21. The Morgan fingerprint density at radius 3 is 2.89 bits per heavy atom. The topological polar surface area (TPSA) is 65.6 Å². The van der Waals surface area contributed by atoms with Crippen molar-refractivity contribution < 1.29 is 9.53 Å². The molecule has 1 amide bonds. The van der Waals surface area contributed by atoms with E-state index < -0.39 is 0 Å². The first-order valence-electron chi connectivity index (χ1n) is 9.83. The summed E-state index contributed by atoms with van der Waals surface area (Å²) < 4.78 is 5.42. The van der Waals surface area contributed by atoms with Gasteiger partial charge in [-0.25, -0.2) is 0 Å². The summed E-state index contributed by atoms with van der Waals surface area (Å²) in [6, 6.07) is 5.70. The molecule has 1 unspecified atom stereocenters. The Bertz CT molecular complexity index is 886. The van der Waals surface area contributed by atoms with E-state index in [-0.39, 0.29) is 16.9 Å². The second kappa shape index (κ2) is 7.82. The minimum Gasteiger partial charge on any atom is -0.379 e. The van der Waals surface area contributed by atoms with Crippen molar-refractivity contribution in [3.63, 3.8) is 0 Å². The summed E-state index contributed by atoms with van der Waals surface area (Å²) in [5, 5.41) is 0.586. The largest absolute Gasteiger partial charge is 0.379 e. The van der Waals surface area contributed by atoms with E-state index in [1.807, 2.05) is 30.0 Å². The number of hydrogen-bond donors (Lipinski definition) is 1. The fraction of sp³-hybridized carbons (Fsp3) is 0.524. The minimum atomic E-state index is -0.173. The number of aryl methyl sites for hydroxylation is 1. The maximum Gasteiger partial charge on any atom is 0.259 e. The third-order valence-electron chi connectivity index (χ3n) is 5.69. The molecule has 0 spiro atoms. The van der Waals surface area contributed by atoms with Crippen molar-refractivity contribution >= 4 is 16.8 Å². The molecule has 1 aromatic heterocycles. The van der Waals surface area contributed by atoms with E-state index in [9.17, 15) is 9.59 Å². The highest BCUT2D eigenvalue weighted by molar-refractivity contribution is 5.97. The summed E-state index contributed by atoms with van der Waals surface area (Å²) >= 11 is 0. The normalized spacial score (nSPS) is 21.5. The van der Waals surface area contributed by atoms with Gasteiger partial charge in [-0.2, -0.15) is 0 Å². The monoisotopic (exact) mass is 369 g/mol. The summed E-state index contributed by atoms with van der Waals surface area (Å²) in [4.78, 5) is 33.3. The SMILES string of the molecule is Cc1ccc2[nH]cc(C(=O)N3CCCC(CN4CCOCC4)C3)c(=O)c2c1. The van der Waals surface area contributed by atoms with Gasteiger partial charge in [0.1, 0.15) is 5.56 Å². The van der Waals surface area contributed by atoms with Crippen LogP contribution in [0.25, 0.3) is 10.9 Å². The Morgan fingerprint density at radius 1 is 1.26 bits per heavy atom. The number of fused-ring (bicyclic) bond motifs is 1. The molecule has 0 saturated carbocycles. The van der Waals surface area contributed by atoms with Crippen LogP contribution in [0.15, 0.2) is 29.2 Å². The molecule has 3 heterocycles. The molecule has 0 radical (unpaired) electrons. The first-order chi connectivity index (χ1) is 13.1. The van der Waals surface area contributed by atoms with E-state index in [4.69, 9.17) is 4.74 Å². The lowest BCUT2D eigenvalue weighted by Crippen LogP contribution is -2.46. The number of likely N-dealkylation sites (tertiary alicyclic amines) is 1. The second-order valence-corrected chi connectivity index (χ2v) is 7.75. The van der Waals surface area contributed by atoms with Crippen LogP contribution in [-0.4, -0.2) is 66.6 Å². The van der Waals surface area contributed by atoms with Gasteiger partial charge in [0.25, 0.3) is 5.91 Å². The Hall–Kier alpha value is -2.18. The summed E-state index contributed by atoms with van der Waals surface area (Å²) in [7, 11) is 0. The highest BCUT2D eigenvalue weighted by atomic mass is 16.5. The molecule has 0 aliphatic carbocycles. The molecule has 1 aromatic carbocycles. The van der Waals surface area contributed by atoms with Crippen LogP contribution in [0.5, 0.6) is 0 Å². The van der Waals surface area contributed by atoms with E-state index in [0.717, 1.165) is 69.9 Å². The lowest BCUT2D eigenvalue weighted by molar-refractivity contribution is 0.0223. The van der Waals surface area contributed by atoms with E-state index in [2.05, 4.69) is 9.88 Å². The minimum absolute atomic E-state index is 0.147. The summed E-state index contributed by atoms with van der Waals surface area (Å²) in [6.45, 7) is 7.92. The van der Waals surface area contributed by atoms with Crippen molar-refractivity contribution in [1.82, 2.24) is 14.8 Å². The first-order valence-corrected chi connectivity index (χ1v) is 9.83. The molecule has 1 atom stereocenters. The Kier molecular flexibility index (Phi) is 5.27. The van der Waals surface area contributed by atoms with Crippen LogP contribution in [0, 0.1) is 12.8 Å². The number of pyridine rings is 1. The third-order valence-corrected chi connectivity index (χ3v) is 5.69. The van der Waals surface area contributed by atoms with Gasteiger partial charge in [-0.1, -0.05) is 11.6 Å². The van der Waals surface area contributed by atoms with Crippen LogP contribution in [0.1, 0.15) is 28.8 Å². The Labute approximate surface area is 159 Å². The van der Waals surface area contributed by atoms with Gasteiger partial charge in [0.15, 0.2) is 0 Å². The lowest BCUT2D eigenvalue weighted by atomic mass is 9.96. The van der Waals surface area contributed by atoms with Gasteiger partial charge >= 0.3 is 0 Å². The molecular weight excluding hydrogens is 342 g/mol. The molecule has 27 heavy (non-hydrogen) atoms. The first kappa shape index (κ1) is 18.2. The molecule has 2 aliphatic rings. The van der Waals surface area contributed by atoms with Crippen molar-refractivity contribution in [3.05, 3.63) is 45.7 Å². The molecule has 2 aliphatic heterocycles. The van der Waals surface area contributed by atoms with Crippen molar-refractivity contribution in [3.8, 4) is 0 Å². The number of aromatic nitrogens is 1. The molecule has 6 heteroatoms. The van der Waals surface area contributed by atoms with Crippen LogP contribution in [0.4, 0.5) is 0 Å². The van der Waals surface area contributed by atoms with Crippen LogP contribution in [-0.2, 0) is 4.74 Å². The summed E-state index contributed by atoms with van der Waals surface area (Å²) in [5.41, 5.74) is 1.86. The van der Waals surface area contributed by atoms with Crippen LogP contribution in [0.2, 0.25) is 0 Å². The van der Waals surface area contributed by atoms with E-state index in [0.29, 0.717) is 11.3 Å². The molecule has 2 aromatic rings. The number of benzene rings is 1. The molecule has 2 fully saturated rings. The number of hydrogen-bond acceptors (Lipinski definition) is 4. The van der Waals surface area contributed by atoms with Gasteiger partial charge in [-0.05, 0) is 37.8 Å². The predicted molar refractivity (Wildman–Crippen MR) is 105 cm³/mol. The average Bonchev–Trinajstić information content (AvgIpc) is 2.69. The van der Waals surface area contributed by atoms with E-state index in [1.165, 1.54) is 0 Å². The quantitative estimate of drug-likeness (QED) is 0.899. The molecule has 6 nitrogen and oxygen atoms in total. The van der Waals surface area contributed by atoms with Gasteiger partial charge in [-0.15, -0.1) is 0 Å². The summed E-state index contributed by atoms with van der Waals surface area (Å²) in [5.74, 6) is 0.314. The average molecular weight is 369 g/mol. The summed E-state index contributed by atoms with van der Waals surface area (Å²) in [6.07, 6.45) is 3.70. The Balaban J connectivity index is 1.51. The smallest absolute Gasteiger partial charge is 0.259 e. The number of amides is 1. The van der Waals surface area contributed by atoms with Crippen LogP contribution < -0.4 is 5.43 Å². The van der Waals surface area contributed by atoms with Crippen molar-refractivity contribution in [2.45, 2.75) is 19.8 Å². The van der Waals surface area contributed by atoms with Crippen LogP contribution >= 0.6 is 0 Å². The number of nitrogens with one attached hydrogen (secondary N) is 1. The van der Waals surface area contributed by atoms with E-state index >= 15 is 0 Å². The van der Waals surface area contributed by atoms with Gasteiger partial charge in [0.2, 0.25) is 5.43 Å². The number of carbonyl (C=O) groups is 1. The molecule has 1 N–H and O–H groups in total. The molecule has 0 bridgehead atoms. The number of nitrogens with zero attached hydrogens (tertiary/aromatic N) is 2. The van der Waals surface area contributed by atoms with Crippen molar-refractivity contribution in [2.75, 3.05) is 45.9 Å². The maximum absolute atomic E-state index is 13.1. The standard InChI is InChI=1S/C21H27N3O3/c1-15-4-5-19-17(11-15)20(25)18(12-22-19)21(26)24-6-2-3-16(14-24)13-23-7-9-27-10-8-23/h4-5,11-12,16H,2-3,6-10,13-14H2,1H3,(H,22,25). The number of carbonyl (C=O) groups excluding carboxylic acids is 1. The van der Waals surface area contributed by atoms with Crippen LogP contribution in [0.3, 0.4) is 0 Å². The van der Waals surface area contributed by atoms with Crippen molar-refractivity contribution in [1.29, 1.82) is 0 Å². The predicted octanol–water partition coefficient (Wildman–Crippen LogP) is 2.02. The fourth-order valence-corrected chi connectivity index (χ4v) is 4.21. The Morgan fingerprint density at radius 2 is 2.07 bits per heavy atom. The number of aromatic amines is 1. The zero-order valence-electron chi connectivity index (χ0n) is 15.9. The highest BCUT2D eigenvalue weighted by Gasteiger charge is 2.28. The molecular formula is C21H27N3O3. The second-order valence-electron chi connectivity index (χ2n) is 7.75. The zero-order valence-corrected chi connectivity index (χ0v) is 15.9. The highest BCUT2D eigenvalue weighted by Crippen LogP contribution is 2.20. The van der Waals surface area contributed by atoms with Gasteiger partial charge in [-0.3, -0.25) is 14.5 Å². The maximum atomic E-state index is 13.1. The third kappa shape index (κ3) is 3.92. The lowest BCUT2D eigenvalue weighted by Gasteiger charge is -2.36. The molecule has 2 saturated heterocycles. The number of H-pyrrole nitrogens is 1. The van der Waals surface area contributed by atoms with Gasteiger partial charge in [0.05, 0.1) is 13.2 Å². The number of ether oxygens (including phenoxy) is 1. The number of rotatable bonds is 3. The zero-order chi connectivity index (χ0) is 18.8. The number of piperidine rings is 1. The molecule has 4 rings (SSSR count). The van der Waals surface area contributed by atoms with E-state index in [1.54, 1.807) is 6.20 Å².